The first-order valence-electron chi connectivity index (χ1n) is 9.02. The van der Waals surface area contributed by atoms with Gasteiger partial charge in [-0.1, -0.05) is 37.3 Å². The predicted molar refractivity (Wildman–Crippen MR) is 107 cm³/mol. The van der Waals surface area contributed by atoms with Gasteiger partial charge in [-0.15, -0.1) is 0 Å². The number of aryl methyl sites for hydroxylation is 1. The summed E-state index contributed by atoms with van der Waals surface area (Å²) in [6, 6.07) is 14.4. The van der Waals surface area contributed by atoms with Crippen molar-refractivity contribution in [2.45, 2.75) is 33.4 Å². The molecular formula is C21H29N3O2. The average Bonchev–Trinajstić information content (AvgIpc) is 2.69. The van der Waals surface area contributed by atoms with E-state index >= 15 is 0 Å². The molecule has 140 valence electrons. The summed E-state index contributed by atoms with van der Waals surface area (Å²) in [5, 5.41) is 6.71. The van der Waals surface area contributed by atoms with Crippen molar-refractivity contribution < 1.29 is 9.47 Å². The topological polar surface area (TPSA) is 54.9 Å². The molecule has 0 spiro atoms. The highest BCUT2D eigenvalue weighted by atomic mass is 16.5. The highest BCUT2D eigenvalue weighted by Crippen LogP contribution is 2.27. The number of nitrogens with zero attached hydrogens (tertiary/aromatic N) is 1. The summed E-state index contributed by atoms with van der Waals surface area (Å²) in [6.07, 6.45) is 1.02. The number of methoxy groups -OCH3 is 1. The van der Waals surface area contributed by atoms with Crippen LogP contribution >= 0.6 is 0 Å². The second-order valence-corrected chi connectivity index (χ2v) is 5.82. The lowest BCUT2D eigenvalue weighted by molar-refractivity contribution is 0.310. The molecule has 0 saturated carbocycles. The normalized spacial score (nSPS) is 11.2. The van der Waals surface area contributed by atoms with Crippen LogP contribution in [0.5, 0.6) is 11.5 Å². The molecule has 2 aromatic carbocycles. The maximum absolute atomic E-state index is 5.56. The zero-order valence-corrected chi connectivity index (χ0v) is 16.1. The Balaban J connectivity index is 1.94. The Morgan fingerprint density at radius 1 is 0.962 bits per heavy atom. The highest BCUT2D eigenvalue weighted by Gasteiger charge is 2.06. The van der Waals surface area contributed by atoms with E-state index in [4.69, 9.17) is 9.47 Å². The largest absolute Gasteiger partial charge is 0.493 e. The Labute approximate surface area is 156 Å². The Hall–Kier alpha value is -2.69. The van der Waals surface area contributed by atoms with Gasteiger partial charge in [0.05, 0.1) is 13.7 Å². The zero-order valence-electron chi connectivity index (χ0n) is 16.1. The molecule has 0 atom stereocenters. The van der Waals surface area contributed by atoms with E-state index in [0.717, 1.165) is 36.0 Å². The van der Waals surface area contributed by atoms with Crippen LogP contribution in [0, 0.1) is 0 Å². The first-order valence-corrected chi connectivity index (χ1v) is 9.02. The number of aliphatic imine (C=N–C) groups is 1. The third-order valence-electron chi connectivity index (χ3n) is 4.16. The number of ether oxygens (including phenoxy) is 2. The van der Waals surface area contributed by atoms with E-state index in [1.807, 2.05) is 25.1 Å². The zero-order chi connectivity index (χ0) is 18.8. The third-order valence-corrected chi connectivity index (χ3v) is 4.16. The molecule has 5 heteroatoms. The first kappa shape index (κ1) is 19.6. The van der Waals surface area contributed by atoms with E-state index in [9.17, 15) is 0 Å². The van der Waals surface area contributed by atoms with E-state index in [1.54, 1.807) is 14.2 Å². The molecule has 0 heterocycles. The maximum atomic E-state index is 5.56. The van der Waals surface area contributed by atoms with Gasteiger partial charge in [-0.3, -0.25) is 4.99 Å². The van der Waals surface area contributed by atoms with Crippen LogP contribution in [0.4, 0.5) is 0 Å². The number of hydrogen-bond acceptors (Lipinski definition) is 3. The third kappa shape index (κ3) is 5.41. The second kappa shape index (κ2) is 10.3. The molecule has 0 amide bonds. The van der Waals surface area contributed by atoms with Crippen LogP contribution in [0.2, 0.25) is 0 Å². The number of hydrogen-bond donors (Lipinski definition) is 2. The van der Waals surface area contributed by atoms with E-state index in [1.165, 1.54) is 11.1 Å². The van der Waals surface area contributed by atoms with Gasteiger partial charge in [0.15, 0.2) is 17.5 Å². The molecule has 5 nitrogen and oxygen atoms in total. The monoisotopic (exact) mass is 355 g/mol. The van der Waals surface area contributed by atoms with E-state index < -0.39 is 0 Å². The molecule has 0 radical (unpaired) electrons. The van der Waals surface area contributed by atoms with Crippen LogP contribution < -0.4 is 20.1 Å². The number of rotatable bonds is 8. The highest BCUT2D eigenvalue weighted by molar-refractivity contribution is 5.79. The molecular weight excluding hydrogens is 326 g/mol. The van der Waals surface area contributed by atoms with Crippen LogP contribution in [-0.2, 0) is 19.5 Å². The summed E-state index contributed by atoms with van der Waals surface area (Å²) >= 11 is 0. The van der Waals surface area contributed by atoms with Gasteiger partial charge in [-0.2, -0.15) is 0 Å². The van der Waals surface area contributed by atoms with Crippen LogP contribution in [0.1, 0.15) is 30.5 Å². The van der Waals surface area contributed by atoms with Gasteiger partial charge in [-0.25, -0.2) is 0 Å². The number of guanidine groups is 1. The number of nitrogens with one attached hydrogen (secondary N) is 2. The smallest absolute Gasteiger partial charge is 0.191 e. The van der Waals surface area contributed by atoms with Crippen molar-refractivity contribution in [3.63, 3.8) is 0 Å². The molecule has 2 rings (SSSR count). The SMILES string of the molecule is CCOc1ccc(CNC(=NC)NCc2ccccc2CC)cc1OC. The van der Waals surface area contributed by atoms with Crippen molar-refractivity contribution in [2.75, 3.05) is 20.8 Å². The minimum absolute atomic E-state index is 0.615. The quantitative estimate of drug-likeness (QED) is 0.562. The Kier molecular flexibility index (Phi) is 7.80. The molecule has 0 aliphatic carbocycles. The Morgan fingerprint density at radius 3 is 2.35 bits per heavy atom. The molecule has 0 aliphatic heterocycles. The van der Waals surface area contributed by atoms with E-state index in [-0.39, 0.29) is 0 Å². The van der Waals surface area contributed by atoms with Crippen molar-refractivity contribution in [2.24, 2.45) is 4.99 Å². The lowest BCUT2D eigenvalue weighted by Gasteiger charge is -2.15. The van der Waals surface area contributed by atoms with Gasteiger partial charge in [-0.05, 0) is 42.2 Å². The van der Waals surface area contributed by atoms with Gasteiger partial charge in [0, 0.05) is 20.1 Å². The van der Waals surface area contributed by atoms with Crippen molar-refractivity contribution >= 4 is 5.96 Å². The molecule has 0 aliphatic rings. The van der Waals surface area contributed by atoms with Gasteiger partial charge in [0.1, 0.15) is 0 Å². The predicted octanol–water partition coefficient (Wildman–Crippen LogP) is 3.52. The van der Waals surface area contributed by atoms with Crippen molar-refractivity contribution in [1.82, 2.24) is 10.6 Å². The average molecular weight is 355 g/mol. The van der Waals surface area contributed by atoms with Gasteiger partial charge in [0.2, 0.25) is 0 Å². The lowest BCUT2D eigenvalue weighted by atomic mass is 10.1. The molecule has 0 bridgehead atoms. The van der Waals surface area contributed by atoms with E-state index in [2.05, 4.69) is 46.8 Å². The van der Waals surface area contributed by atoms with Gasteiger partial charge >= 0.3 is 0 Å². The molecule has 2 N–H and O–H groups in total. The molecule has 26 heavy (non-hydrogen) atoms. The molecule has 0 unspecified atom stereocenters. The fourth-order valence-electron chi connectivity index (χ4n) is 2.76. The van der Waals surface area contributed by atoms with Gasteiger partial charge < -0.3 is 20.1 Å². The van der Waals surface area contributed by atoms with Gasteiger partial charge in [0.25, 0.3) is 0 Å². The number of benzene rings is 2. The van der Waals surface area contributed by atoms with E-state index in [0.29, 0.717) is 13.2 Å². The molecule has 0 fully saturated rings. The van der Waals surface area contributed by atoms with Crippen molar-refractivity contribution in [3.05, 3.63) is 59.2 Å². The summed E-state index contributed by atoms with van der Waals surface area (Å²) in [7, 11) is 3.43. The summed E-state index contributed by atoms with van der Waals surface area (Å²) in [5.41, 5.74) is 3.75. The maximum Gasteiger partial charge on any atom is 0.191 e. The molecule has 0 saturated heterocycles. The fraction of sp³-hybridized carbons (Fsp3) is 0.381. The van der Waals surface area contributed by atoms with Crippen molar-refractivity contribution in [3.8, 4) is 11.5 Å². The Bertz CT molecular complexity index is 729. The molecule has 2 aromatic rings. The summed E-state index contributed by atoms with van der Waals surface area (Å²) in [6.45, 7) is 6.14. The van der Waals surface area contributed by atoms with Crippen LogP contribution in [-0.4, -0.2) is 26.7 Å². The summed E-state index contributed by atoms with van der Waals surface area (Å²) < 4.78 is 11.0. The molecule has 0 aromatic heterocycles. The first-order chi connectivity index (χ1) is 12.7. The minimum Gasteiger partial charge on any atom is -0.493 e. The standard InChI is InChI=1S/C21H29N3O2/c1-5-17-9-7-8-10-18(17)15-24-21(22-3)23-14-16-11-12-19(26-6-2)20(13-16)25-4/h7-13H,5-6,14-15H2,1-4H3,(H2,22,23,24). The van der Waals surface area contributed by atoms with Crippen molar-refractivity contribution in [1.29, 1.82) is 0 Å². The Morgan fingerprint density at radius 2 is 1.69 bits per heavy atom. The summed E-state index contributed by atoms with van der Waals surface area (Å²) in [4.78, 5) is 4.30. The second-order valence-electron chi connectivity index (χ2n) is 5.82. The van der Waals surface area contributed by atoms with Crippen LogP contribution in [0.3, 0.4) is 0 Å². The van der Waals surface area contributed by atoms with Crippen LogP contribution in [0.15, 0.2) is 47.5 Å². The summed E-state index contributed by atoms with van der Waals surface area (Å²) in [5.74, 6) is 2.27. The minimum atomic E-state index is 0.615. The lowest BCUT2D eigenvalue weighted by Crippen LogP contribution is -2.36. The van der Waals surface area contributed by atoms with Crippen LogP contribution in [0.25, 0.3) is 0 Å². The fourth-order valence-corrected chi connectivity index (χ4v) is 2.76.